The molecule has 2 heterocycles. The molecule has 0 unspecified atom stereocenters. The normalized spacial score (nSPS) is 14.1. The summed E-state index contributed by atoms with van der Waals surface area (Å²) in [7, 11) is 0. The van der Waals surface area contributed by atoms with Crippen molar-refractivity contribution < 1.29 is 14.0 Å². The standard InChI is InChI=1S/C22H16ClFN2O2S/c1-13-11-15(23)8-9-17(13)25-20-19(18-7-4-10-29-18)21(27)26(22(20)28)12-14-5-2-3-6-16(14)24/h2-11,25H,12H2,1H3. The van der Waals surface area contributed by atoms with Gasteiger partial charge in [-0.3, -0.25) is 14.5 Å². The summed E-state index contributed by atoms with van der Waals surface area (Å²) in [4.78, 5) is 28.0. The maximum atomic E-state index is 14.1. The lowest BCUT2D eigenvalue weighted by atomic mass is 10.1. The maximum Gasteiger partial charge on any atom is 0.278 e. The van der Waals surface area contributed by atoms with Gasteiger partial charge in [-0.15, -0.1) is 11.3 Å². The lowest BCUT2D eigenvalue weighted by Crippen LogP contribution is -2.32. The summed E-state index contributed by atoms with van der Waals surface area (Å²) in [6.45, 7) is 1.72. The average molecular weight is 427 g/mol. The molecule has 4 nitrogen and oxygen atoms in total. The number of nitrogens with zero attached hydrogens (tertiary/aromatic N) is 1. The molecule has 0 saturated carbocycles. The monoisotopic (exact) mass is 426 g/mol. The predicted molar refractivity (Wildman–Crippen MR) is 113 cm³/mol. The van der Waals surface area contributed by atoms with Gasteiger partial charge in [0.1, 0.15) is 11.5 Å². The van der Waals surface area contributed by atoms with Crippen LogP contribution in [0.3, 0.4) is 0 Å². The molecule has 0 atom stereocenters. The zero-order valence-electron chi connectivity index (χ0n) is 15.4. The molecule has 1 aliphatic heterocycles. The number of rotatable bonds is 5. The Balaban J connectivity index is 1.74. The van der Waals surface area contributed by atoms with Gasteiger partial charge >= 0.3 is 0 Å². The molecule has 1 aromatic heterocycles. The molecule has 0 bridgehead atoms. The Morgan fingerprint density at radius 2 is 1.86 bits per heavy atom. The number of carbonyl (C=O) groups is 2. The molecule has 3 aromatic rings. The fraction of sp³-hybridized carbons (Fsp3) is 0.0909. The molecule has 2 amide bonds. The fourth-order valence-corrected chi connectivity index (χ4v) is 4.18. The summed E-state index contributed by atoms with van der Waals surface area (Å²) in [6.07, 6.45) is 0. The first-order valence-electron chi connectivity index (χ1n) is 8.86. The van der Waals surface area contributed by atoms with Crippen molar-refractivity contribution in [3.63, 3.8) is 0 Å². The van der Waals surface area contributed by atoms with E-state index in [0.29, 0.717) is 15.6 Å². The van der Waals surface area contributed by atoms with Gasteiger partial charge in [0.25, 0.3) is 11.8 Å². The molecule has 0 fully saturated rings. The van der Waals surface area contributed by atoms with Crippen LogP contribution in [0.15, 0.2) is 65.7 Å². The van der Waals surface area contributed by atoms with Gasteiger partial charge in [0.2, 0.25) is 0 Å². The number of benzene rings is 2. The Morgan fingerprint density at radius 1 is 1.07 bits per heavy atom. The van der Waals surface area contributed by atoms with E-state index in [9.17, 15) is 14.0 Å². The van der Waals surface area contributed by atoms with Gasteiger partial charge in [-0.2, -0.15) is 0 Å². The second-order valence-electron chi connectivity index (χ2n) is 6.60. The van der Waals surface area contributed by atoms with Gasteiger partial charge in [0.05, 0.1) is 12.1 Å². The zero-order valence-corrected chi connectivity index (χ0v) is 17.0. The fourth-order valence-electron chi connectivity index (χ4n) is 3.18. The van der Waals surface area contributed by atoms with Crippen LogP contribution in [0, 0.1) is 12.7 Å². The molecule has 1 aliphatic rings. The van der Waals surface area contributed by atoms with Gasteiger partial charge in [-0.1, -0.05) is 35.9 Å². The number of thiophene rings is 1. The van der Waals surface area contributed by atoms with Crippen LogP contribution in [0.2, 0.25) is 5.02 Å². The quantitative estimate of drug-likeness (QED) is 0.567. The van der Waals surface area contributed by atoms with Gasteiger partial charge in [0, 0.05) is 21.2 Å². The highest BCUT2D eigenvalue weighted by molar-refractivity contribution is 7.11. The summed E-state index contributed by atoms with van der Waals surface area (Å²) in [5.41, 5.74) is 2.26. The number of halogens is 2. The molecule has 4 rings (SSSR count). The highest BCUT2D eigenvalue weighted by Crippen LogP contribution is 2.34. The second-order valence-corrected chi connectivity index (χ2v) is 7.98. The number of imide groups is 1. The van der Waals surface area contributed by atoms with Crippen LogP contribution < -0.4 is 5.32 Å². The molecule has 0 saturated heterocycles. The average Bonchev–Trinajstić information content (AvgIpc) is 3.28. The van der Waals surface area contributed by atoms with E-state index >= 15 is 0 Å². The Hall–Kier alpha value is -2.96. The van der Waals surface area contributed by atoms with Crippen molar-refractivity contribution in [1.82, 2.24) is 4.90 Å². The molecule has 1 N–H and O–H groups in total. The van der Waals surface area contributed by atoms with Crippen LogP contribution in [0.4, 0.5) is 10.1 Å². The van der Waals surface area contributed by atoms with Crippen molar-refractivity contribution in [3.05, 3.63) is 92.5 Å². The van der Waals surface area contributed by atoms with Gasteiger partial charge in [-0.25, -0.2) is 4.39 Å². The van der Waals surface area contributed by atoms with E-state index in [4.69, 9.17) is 11.6 Å². The minimum Gasteiger partial charge on any atom is -0.350 e. The number of amides is 2. The van der Waals surface area contributed by atoms with Gasteiger partial charge in [-0.05, 0) is 48.2 Å². The van der Waals surface area contributed by atoms with Crippen molar-refractivity contribution in [2.24, 2.45) is 0 Å². The van der Waals surface area contributed by atoms with Crippen molar-refractivity contribution in [2.75, 3.05) is 5.32 Å². The first-order valence-corrected chi connectivity index (χ1v) is 10.1. The minimum absolute atomic E-state index is 0.135. The Kier molecular flexibility index (Phi) is 5.22. The van der Waals surface area contributed by atoms with Crippen LogP contribution in [0.25, 0.3) is 5.57 Å². The van der Waals surface area contributed by atoms with E-state index in [2.05, 4.69) is 5.32 Å². The summed E-state index contributed by atoms with van der Waals surface area (Å²) < 4.78 is 14.1. The molecule has 0 radical (unpaired) electrons. The first-order chi connectivity index (χ1) is 14.0. The van der Waals surface area contributed by atoms with Crippen molar-refractivity contribution in [1.29, 1.82) is 0 Å². The van der Waals surface area contributed by atoms with Crippen molar-refractivity contribution >= 4 is 46.0 Å². The summed E-state index contributed by atoms with van der Waals surface area (Å²) in [5, 5.41) is 5.52. The van der Waals surface area contributed by atoms with Crippen LogP contribution in [-0.4, -0.2) is 16.7 Å². The Morgan fingerprint density at radius 3 is 2.55 bits per heavy atom. The molecule has 0 spiro atoms. The van der Waals surface area contributed by atoms with E-state index in [1.165, 1.54) is 17.4 Å². The van der Waals surface area contributed by atoms with Crippen LogP contribution in [-0.2, 0) is 16.1 Å². The van der Waals surface area contributed by atoms with E-state index < -0.39 is 17.6 Å². The maximum absolute atomic E-state index is 14.1. The highest BCUT2D eigenvalue weighted by atomic mass is 35.5. The van der Waals surface area contributed by atoms with E-state index in [1.807, 2.05) is 18.4 Å². The number of anilines is 1. The largest absolute Gasteiger partial charge is 0.350 e. The Labute approximate surface area is 176 Å². The van der Waals surface area contributed by atoms with Crippen LogP contribution in [0.5, 0.6) is 0 Å². The van der Waals surface area contributed by atoms with Gasteiger partial charge < -0.3 is 5.32 Å². The molecular weight excluding hydrogens is 411 g/mol. The number of hydrogen-bond acceptors (Lipinski definition) is 4. The van der Waals surface area contributed by atoms with E-state index in [0.717, 1.165) is 10.5 Å². The summed E-state index contributed by atoms with van der Waals surface area (Å²) >= 11 is 7.39. The lowest BCUT2D eigenvalue weighted by molar-refractivity contribution is -0.137. The number of carbonyl (C=O) groups excluding carboxylic acids is 2. The first kappa shape index (κ1) is 19.4. The third kappa shape index (κ3) is 3.69. The van der Waals surface area contributed by atoms with Crippen LogP contribution >= 0.6 is 22.9 Å². The summed E-state index contributed by atoms with van der Waals surface area (Å²) in [6, 6.07) is 15.0. The molecule has 0 aliphatic carbocycles. The van der Waals surface area contributed by atoms with E-state index in [1.54, 1.807) is 42.5 Å². The van der Waals surface area contributed by atoms with Crippen molar-refractivity contribution in [2.45, 2.75) is 13.5 Å². The molecule has 2 aromatic carbocycles. The SMILES string of the molecule is Cc1cc(Cl)ccc1NC1=C(c2cccs2)C(=O)N(Cc2ccccc2F)C1=O. The van der Waals surface area contributed by atoms with Gasteiger partial charge in [0.15, 0.2) is 0 Å². The number of hydrogen-bond donors (Lipinski definition) is 1. The molecule has 29 heavy (non-hydrogen) atoms. The topological polar surface area (TPSA) is 49.4 Å². The zero-order chi connectivity index (χ0) is 20.5. The smallest absolute Gasteiger partial charge is 0.278 e. The third-order valence-corrected chi connectivity index (χ3v) is 5.79. The minimum atomic E-state index is -0.490. The predicted octanol–water partition coefficient (Wildman–Crippen LogP) is 5.24. The van der Waals surface area contributed by atoms with E-state index in [-0.39, 0.29) is 23.4 Å². The highest BCUT2D eigenvalue weighted by Gasteiger charge is 2.40. The number of aryl methyl sites for hydroxylation is 1. The number of nitrogens with one attached hydrogen (secondary N) is 1. The molecular formula is C22H16ClFN2O2S. The summed E-state index contributed by atoms with van der Waals surface area (Å²) in [5.74, 6) is -1.40. The lowest BCUT2D eigenvalue weighted by Gasteiger charge is -2.16. The molecule has 7 heteroatoms. The Bertz CT molecular complexity index is 1140. The van der Waals surface area contributed by atoms with Crippen molar-refractivity contribution in [3.8, 4) is 0 Å². The third-order valence-electron chi connectivity index (χ3n) is 4.67. The molecule has 146 valence electrons. The van der Waals surface area contributed by atoms with Crippen LogP contribution in [0.1, 0.15) is 16.0 Å². The second kappa shape index (κ2) is 7.81.